The number of nitrogens with one attached hydrogen (secondary N) is 2. The molecule has 2 fully saturated rings. The van der Waals surface area contributed by atoms with Crippen molar-refractivity contribution in [2.24, 2.45) is 0 Å². The van der Waals surface area contributed by atoms with E-state index in [0.717, 1.165) is 25.1 Å². The first-order valence-electron chi connectivity index (χ1n) is 8.53. The molecule has 3 amide bonds. The number of piperazine rings is 1. The Morgan fingerprint density at radius 3 is 2.44 bits per heavy atom. The SMILES string of the molecule is O=C(CN1CCN(c2ncc(C(F)(F)F)cc2Cl)CC1)NC(=O)NC1CC1. The van der Waals surface area contributed by atoms with Crippen LogP contribution in [0.2, 0.25) is 5.02 Å². The van der Waals surface area contributed by atoms with E-state index in [4.69, 9.17) is 11.6 Å². The molecule has 2 aliphatic rings. The molecule has 1 aromatic heterocycles. The van der Waals surface area contributed by atoms with E-state index in [1.54, 1.807) is 4.90 Å². The number of alkyl halides is 3. The number of nitrogens with zero attached hydrogens (tertiary/aromatic N) is 3. The lowest BCUT2D eigenvalue weighted by atomic mass is 10.2. The molecular weight excluding hydrogens is 387 g/mol. The van der Waals surface area contributed by atoms with Gasteiger partial charge in [-0.1, -0.05) is 11.6 Å². The molecule has 7 nitrogen and oxygen atoms in total. The van der Waals surface area contributed by atoms with Crippen LogP contribution in [0, 0.1) is 0 Å². The number of carbonyl (C=O) groups is 2. The third-order valence-electron chi connectivity index (χ3n) is 4.35. The van der Waals surface area contributed by atoms with E-state index >= 15 is 0 Å². The molecule has 0 atom stereocenters. The van der Waals surface area contributed by atoms with Crippen LogP contribution >= 0.6 is 11.6 Å². The maximum atomic E-state index is 12.7. The lowest BCUT2D eigenvalue weighted by Crippen LogP contribution is -2.51. The Balaban J connectivity index is 1.48. The van der Waals surface area contributed by atoms with Gasteiger partial charge in [0.1, 0.15) is 5.82 Å². The van der Waals surface area contributed by atoms with Crippen LogP contribution in [0.25, 0.3) is 0 Å². The molecule has 0 radical (unpaired) electrons. The van der Waals surface area contributed by atoms with Crippen molar-refractivity contribution >= 4 is 29.4 Å². The summed E-state index contributed by atoms with van der Waals surface area (Å²) in [6.45, 7) is 1.98. The lowest BCUT2D eigenvalue weighted by molar-refractivity contribution is -0.137. The summed E-state index contributed by atoms with van der Waals surface area (Å²) in [6, 6.07) is 0.548. The van der Waals surface area contributed by atoms with Crippen LogP contribution in [-0.2, 0) is 11.0 Å². The van der Waals surface area contributed by atoms with E-state index in [0.29, 0.717) is 26.2 Å². The van der Waals surface area contributed by atoms with Gasteiger partial charge in [0.15, 0.2) is 0 Å². The molecule has 27 heavy (non-hydrogen) atoms. The van der Waals surface area contributed by atoms with E-state index in [9.17, 15) is 22.8 Å². The Morgan fingerprint density at radius 2 is 1.89 bits per heavy atom. The van der Waals surface area contributed by atoms with E-state index in [2.05, 4.69) is 15.6 Å². The first kappa shape index (κ1) is 19.7. The van der Waals surface area contributed by atoms with E-state index in [-0.39, 0.29) is 23.4 Å². The minimum Gasteiger partial charge on any atom is -0.353 e. The van der Waals surface area contributed by atoms with Crippen LogP contribution in [0.15, 0.2) is 12.3 Å². The number of carbonyl (C=O) groups excluding carboxylic acids is 2. The van der Waals surface area contributed by atoms with Gasteiger partial charge in [-0.2, -0.15) is 13.2 Å². The number of aromatic nitrogens is 1. The van der Waals surface area contributed by atoms with Crippen molar-refractivity contribution < 1.29 is 22.8 Å². The molecule has 3 rings (SSSR count). The molecule has 0 unspecified atom stereocenters. The quantitative estimate of drug-likeness (QED) is 0.799. The third kappa shape index (κ3) is 5.46. The van der Waals surface area contributed by atoms with Crippen LogP contribution in [0.3, 0.4) is 0 Å². The van der Waals surface area contributed by atoms with Gasteiger partial charge >= 0.3 is 12.2 Å². The van der Waals surface area contributed by atoms with Gasteiger partial charge in [0.05, 0.1) is 17.1 Å². The van der Waals surface area contributed by atoms with Gasteiger partial charge < -0.3 is 10.2 Å². The van der Waals surface area contributed by atoms with E-state index < -0.39 is 23.7 Å². The van der Waals surface area contributed by atoms with Crippen molar-refractivity contribution in [1.29, 1.82) is 0 Å². The number of urea groups is 1. The summed E-state index contributed by atoms with van der Waals surface area (Å²) in [5, 5.41) is 4.90. The van der Waals surface area contributed by atoms with Gasteiger partial charge in [-0.15, -0.1) is 0 Å². The second kappa shape index (κ2) is 7.89. The van der Waals surface area contributed by atoms with Gasteiger partial charge in [-0.05, 0) is 18.9 Å². The maximum Gasteiger partial charge on any atom is 0.417 e. The average molecular weight is 406 g/mol. The molecule has 1 aromatic rings. The molecule has 148 valence electrons. The predicted molar refractivity (Wildman–Crippen MR) is 92.6 cm³/mol. The van der Waals surface area contributed by atoms with Crippen molar-refractivity contribution in [3.05, 3.63) is 22.8 Å². The number of hydrogen-bond acceptors (Lipinski definition) is 5. The van der Waals surface area contributed by atoms with E-state index in [1.807, 2.05) is 4.90 Å². The fraction of sp³-hybridized carbons (Fsp3) is 0.562. The summed E-state index contributed by atoms with van der Waals surface area (Å²) < 4.78 is 38.1. The fourth-order valence-electron chi connectivity index (χ4n) is 2.75. The number of rotatable bonds is 4. The van der Waals surface area contributed by atoms with Crippen molar-refractivity contribution in [3.8, 4) is 0 Å². The molecule has 2 N–H and O–H groups in total. The Hall–Kier alpha value is -2.07. The molecule has 1 aliphatic carbocycles. The molecule has 0 bridgehead atoms. The monoisotopic (exact) mass is 405 g/mol. The largest absolute Gasteiger partial charge is 0.417 e. The van der Waals surface area contributed by atoms with Gasteiger partial charge in [0.2, 0.25) is 5.91 Å². The summed E-state index contributed by atoms with van der Waals surface area (Å²) in [4.78, 5) is 30.9. The van der Waals surface area contributed by atoms with Crippen LogP contribution in [0.5, 0.6) is 0 Å². The molecule has 0 aromatic carbocycles. The van der Waals surface area contributed by atoms with Crippen LogP contribution < -0.4 is 15.5 Å². The van der Waals surface area contributed by atoms with Gasteiger partial charge in [0.25, 0.3) is 0 Å². The molecule has 2 heterocycles. The highest BCUT2D eigenvalue weighted by Gasteiger charge is 2.32. The first-order chi connectivity index (χ1) is 12.7. The first-order valence-corrected chi connectivity index (χ1v) is 8.90. The van der Waals surface area contributed by atoms with Crippen molar-refractivity contribution in [2.75, 3.05) is 37.6 Å². The van der Waals surface area contributed by atoms with Crippen LogP contribution in [0.1, 0.15) is 18.4 Å². The molecule has 1 saturated heterocycles. The Bertz CT molecular complexity index is 718. The summed E-state index contributed by atoms with van der Waals surface area (Å²) in [5.74, 6) is -0.107. The highest BCUT2D eigenvalue weighted by Crippen LogP contribution is 2.33. The van der Waals surface area contributed by atoms with Crippen molar-refractivity contribution in [1.82, 2.24) is 20.5 Å². The number of imide groups is 1. The smallest absolute Gasteiger partial charge is 0.353 e. The molecule has 1 saturated carbocycles. The normalized spacial score (nSPS) is 18.3. The molecule has 0 spiro atoms. The Labute approximate surface area is 158 Å². The number of amides is 3. The van der Waals surface area contributed by atoms with Crippen molar-refractivity contribution in [2.45, 2.75) is 25.1 Å². The Morgan fingerprint density at radius 1 is 1.22 bits per heavy atom. The minimum absolute atomic E-state index is 0.0623. The number of pyridine rings is 1. The lowest BCUT2D eigenvalue weighted by Gasteiger charge is -2.35. The average Bonchev–Trinajstić information content (AvgIpc) is 3.38. The fourth-order valence-corrected chi connectivity index (χ4v) is 3.04. The summed E-state index contributed by atoms with van der Waals surface area (Å²) in [7, 11) is 0. The van der Waals surface area contributed by atoms with Gasteiger partial charge in [0, 0.05) is 38.4 Å². The van der Waals surface area contributed by atoms with E-state index in [1.165, 1.54) is 0 Å². The summed E-state index contributed by atoms with van der Waals surface area (Å²) >= 11 is 5.97. The molecular formula is C16H19ClF3N5O2. The topological polar surface area (TPSA) is 77.6 Å². The highest BCUT2D eigenvalue weighted by molar-refractivity contribution is 6.33. The van der Waals surface area contributed by atoms with Crippen molar-refractivity contribution in [3.63, 3.8) is 0 Å². The molecule has 1 aliphatic heterocycles. The predicted octanol–water partition coefficient (Wildman–Crippen LogP) is 1.86. The minimum atomic E-state index is -4.49. The number of hydrogen-bond donors (Lipinski definition) is 2. The zero-order valence-corrected chi connectivity index (χ0v) is 15.1. The number of anilines is 1. The highest BCUT2D eigenvalue weighted by atomic mass is 35.5. The summed E-state index contributed by atoms with van der Waals surface area (Å²) in [6.07, 6.45) is -1.86. The number of halogens is 4. The second-order valence-corrected chi connectivity index (χ2v) is 6.99. The van der Waals surface area contributed by atoms with Crippen LogP contribution in [-0.4, -0.2) is 60.6 Å². The second-order valence-electron chi connectivity index (χ2n) is 6.59. The van der Waals surface area contributed by atoms with Crippen LogP contribution in [0.4, 0.5) is 23.8 Å². The van der Waals surface area contributed by atoms with Gasteiger partial charge in [-0.3, -0.25) is 15.0 Å². The Kier molecular flexibility index (Phi) is 5.75. The zero-order valence-electron chi connectivity index (χ0n) is 14.4. The third-order valence-corrected chi connectivity index (χ3v) is 4.63. The summed E-state index contributed by atoms with van der Waals surface area (Å²) in [5.41, 5.74) is -0.893. The van der Waals surface area contributed by atoms with Gasteiger partial charge in [-0.25, -0.2) is 9.78 Å². The standard InChI is InChI=1S/C16H19ClF3N5O2/c17-12-7-10(16(18,19)20)8-21-14(12)25-5-3-24(4-6-25)9-13(26)23-15(27)22-11-1-2-11/h7-8,11H,1-6,9H2,(H2,22,23,26,27). The molecule has 11 heteroatoms. The zero-order chi connectivity index (χ0) is 19.6. The maximum absolute atomic E-state index is 12.7.